The number of aliphatic hydroxyl groups excluding tert-OH is 1. The second-order valence-corrected chi connectivity index (χ2v) is 7.62. The van der Waals surface area contributed by atoms with Gasteiger partial charge in [-0.05, 0) is 50.2 Å². The molecule has 1 heterocycles. The van der Waals surface area contributed by atoms with Crippen molar-refractivity contribution in [3.8, 4) is 11.4 Å². The third-order valence-electron chi connectivity index (χ3n) is 5.18. The number of Topliss-reactive ketones (excluding diaryl/α,β-unsaturated/α-hetero) is 1. The first-order valence-corrected chi connectivity index (χ1v) is 10.3. The molecule has 0 aliphatic carbocycles. The molecule has 0 aliphatic heterocycles. The number of rotatable bonds is 7. The minimum Gasteiger partial charge on any atom is -0.396 e. The maximum atomic E-state index is 13.1. The van der Waals surface area contributed by atoms with Gasteiger partial charge in [-0.25, -0.2) is 4.98 Å². The summed E-state index contributed by atoms with van der Waals surface area (Å²) in [4.78, 5) is 41.6. The quantitative estimate of drug-likeness (QED) is 0.511. The Morgan fingerprint density at radius 3 is 2.21 bits per heavy atom. The Morgan fingerprint density at radius 2 is 1.68 bits per heavy atom. The van der Waals surface area contributed by atoms with Gasteiger partial charge in [0.15, 0.2) is 5.78 Å². The van der Waals surface area contributed by atoms with Crippen LogP contribution in [0.15, 0.2) is 53.3 Å². The van der Waals surface area contributed by atoms with Gasteiger partial charge in [0.1, 0.15) is 12.4 Å². The van der Waals surface area contributed by atoms with Crippen molar-refractivity contribution in [3.05, 3.63) is 81.3 Å². The summed E-state index contributed by atoms with van der Waals surface area (Å²) >= 11 is 0. The number of anilines is 1. The van der Waals surface area contributed by atoms with Crippen molar-refractivity contribution in [2.75, 3.05) is 11.9 Å². The van der Waals surface area contributed by atoms with Gasteiger partial charge in [0, 0.05) is 41.1 Å². The Morgan fingerprint density at radius 1 is 1.06 bits per heavy atom. The second kappa shape index (κ2) is 10.0. The molecule has 0 aliphatic rings. The maximum Gasteiger partial charge on any atom is 0.416 e. The fourth-order valence-electron chi connectivity index (χ4n) is 3.41. The number of alkyl halides is 3. The number of amides is 1. The average Bonchev–Trinajstić information content (AvgIpc) is 2.78. The van der Waals surface area contributed by atoms with Gasteiger partial charge in [-0.3, -0.25) is 19.0 Å². The molecule has 2 aromatic carbocycles. The van der Waals surface area contributed by atoms with Crippen LogP contribution in [-0.4, -0.2) is 33.0 Å². The molecule has 34 heavy (non-hydrogen) atoms. The molecule has 0 saturated carbocycles. The fraction of sp³-hybridized carbons (Fsp3) is 0.250. The molecule has 0 unspecified atom stereocenters. The van der Waals surface area contributed by atoms with E-state index in [1.165, 1.54) is 19.1 Å². The normalized spacial score (nSPS) is 11.4. The highest BCUT2D eigenvalue weighted by Crippen LogP contribution is 2.30. The van der Waals surface area contributed by atoms with Crippen molar-refractivity contribution in [3.63, 3.8) is 0 Å². The van der Waals surface area contributed by atoms with Crippen LogP contribution in [0.4, 0.5) is 18.9 Å². The molecule has 2 N–H and O–H groups in total. The van der Waals surface area contributed by atoms with Crippen molar-refractivity contribution >= 4 is 17.4 Å². The van der Waals surface area contributed by atoms with Crippen LogP contribution in [0.2, 0.25) is 0 Å². The number of halogens is 3. The lowest BCUT2D eigenvalue weighted by Gasteiger charge is -2.16. The molecule has 0 atom stereocenters. The number of carbonyl (C=O) groups is 2. The van der Waals surface area contributed by atoms with Gasteiger partial charge in [0.2, 0.25) is 5.91 Å². The van der Waals surface area contributed by atoms with Crippen LogP contribution < -0.4 is 10.9 Å². The summed E-state index contributed by atoms with van der Waals surface area (Å²) in [5, 5.41) is 11.9. The molecule has 0 spiro atoms. The number of benzene rings is 2. The van der Waals surface area contributed by atoms with Gasteiger partial charge in [0.05, 0.1) is 5.56 Å². The molecular weight excluding hydrogens is 451 g/mol. The molecule has 0 fully saturated rings. The molecular formula is C24H22F3N3O4. The molecule has 3 rings (SSSR count). The molecule has 0 bridgehead atoms. The smallest absolute Gasteiger partial charge is 0.396 e. The van der Waals surface area contributed by atoms with Gasteiger partial charge >= 0.3 is 6.18 Å². The second-order valence-electron chi connectivity index (χ2n) is 7.62. The molecule has 0 radical (unpaired) electrons. The Kier molecular flexibility index (Phi) is 7.31. The van der Waals surface area contributed by atoms with Crippen LogP contribution in [0.25, 0.3) is 11.4 Å². The lowest BCUT2D eigenvalue weighted by Crippen LogP contribution is -2.33. The van der Waals surface area contributed by atoms with Crippen LogP contribution >= 0.6 is 0 Å². The number of carbonyl (C=O) groups excluding carboxylic acids is 2. The molecule has 3 aromatic rings. The number of ketones is 1. The highest BCUT2D eigenvalue weighted by Gasteiger charge is 2.30. The van der Waals surface area contributed by atoms with Gasteiger partial charge in [0.25, 0.3) is 5.56 Å². The van der Waals surface area contributed by atoms with E-state index in [0.29, 0.717) is 16.9 Å². The largest absolute Gasteiger partial charge is 0.416 e. The number of hydrogen-bond acceptors (Lipinski definition) is 5. The summed E-state index contributed by atoms with van der Waals surface area (Å²) in [6, 6.07) is 10.3. The molecule has 178 valence electrons. The maximum absolute atomic E-state index is 13.1. The summed E-state index contributed by atoms with van der Waals surface area (Å²) in [6.45, 7) is 2.19. The Labute approximate surface area is 192 Å². The zero-order valence-corrected chi connectivity index (χ0v) is 18.4. The molecule has 0 saturated heterocycles. The number of nitrogens with zero attached hydrogens (tertiary/aromatic N) is 2. The molecule has 7 nitrogen and oxygen atoms in total. The molecule has 1 amide bonds. The van der Waals surface area contributed by atoms with Gasteiger partial charge < -0.3 is 10.4 Å². The summed E-state index contributed by atoms with van der Waals surface area (Å²) < 4.78 is 39.9. The zero-order valence-electron chi connectivity index (χ0n) is 18.4. The van der Waals surface area contributed by atoms with E-state index < -0.39 is 29.8 Å². The number of hydrogen-bond donors (Lipinski definition) is 2. The third-order valence-corrected chi connectivity index (χ3v) is 5.18. The first-order valence-electron chi connectivity index (χ1n) is 10.3. The van der Waals surface area contributed by atoms with Crippen molar-refractivity contribution in [1.82, 2.24) is 9.55 Å². The van der Waals surface area contributed by atoms with Crippen LogP contribution in [0, 0.1) is 6.92 Å². The predicted molar refractivity (Wildman–Crippen MR) is 120 cm³/mol. The first-order chi connectivity index (χ1) is 16.0. The van der Waals surface area contributed by atoms with E-state index >= 15 is 0 Å². The number of aromatic nitrogens is 2. The average molecular weight is 473 g/mol. The van der Waals surface area contributed by atoms with E-state index in [0.717, 1.165) is 16.7 Å². The fourth-order valence-corrected chi connectivity index (χ4v) is 3.41. The third kappa shape index (κ3) is 5.57. The van der Waals surface area contributed by atoms with E-state index in [1.54, 1.807) is 31.2 Å². The van der Waals surface area contributed by atoms with Crippen molar-refractivity contribution in [1.29, 1.82) is 0 Å². The highest BCUT2D eigenvalue weighted by molar-refractivity contribution is 5.95. The Bertz CT molecular complexity index is 1260. The molecule has 1 aromatic heterocycles. The van der Waals surface area contributed by atoms with Gasteiger partial charge in [-0.2, -0.15) is 13.2 Å². The first kappa shape index (κ1) is 24.8. The topological polar surface area (TPSA) is 101 Å². The van der Waals surface area contributed by atoms with Crippen molar-refractivity contribution in [2.45, 2.75) is 33.0 Å². The van der Waals surface area contributed by atoms with Gasteiger partial charge in [-0.15, -0.1) is 0 Å². The number of aryl methyl sites for hydroxylation is 1. The summed E-state index contributed by atoms with van der Waals surface area (Å²) in [7, 11) is 0. The van der Waals surface area contributed by atoms with Crippen LogP contribution in [0.5, 0.6) is 0 Å². The Balaban J connectivity index is 1.98. The van der Waals surface area contributed by atoms with Crippen LogP contribution in [0.1, 0.15) is 34.1 Å². The van der Waals surface area contributed by atoms with Crippen LogP contribution in [0.3, 0.4) is 0 Å². The van der Waals surface area contributed by atoms with Crippen LogP contribution in [-0.2, 0) is 23.9 Å². The minimum atomic E-state index is -4.52. The molecule has 10 heteroatoms. The van der Waals surface area contributed by atoms with E-state index in [-0.39, 0.29) is 35.8 Å². The summed E-state index contributed by atoms with van der Waals surface area (Å²) in [5.74, 6) is -0.681. The standard InChI is InChI=1S/C24H22F3N3O4/c1-14-20(11-12-31)23(34)30(13-21(33)29-19-9-5-16(6-10-19)15(2)32)22(28-14)17-3-7-18(8-4-17)24(25,26)27/h3-10,31H,11-13H2,1-2H3,(H,29,33). The van der Waals surface area contributed by atoms with Crippen molar-refractivity contribution in [2.24, 2.45) is 0 Å². The highest BCUT2D eigenvalue weighted by atomic mass is 19.4. The van der Waals surface area contributed by atoms with E-state index in [4.69, 9.17) is 0 Å². The number of nitrogens with one attached hydrogen (secondary N) is 1. The van der Waals surface area contributed by atoms with Crippen molar-refractivity contribution < 1.29 is 27.9 Å². The minimum absolute atomic E-state index is 0.0130. The predicted octanol–water partition coefficient (Wildman–Crippen LogP) is 3.61. The lowest BCUT2D eigenvalue weighted by atomic mass is 10.1. The Hall–Kier alpha value is -3.79. The summed E-state index contributed by atoms with van der Waals surface area (Å²) in [6.07, 6.45) is -4.51. The van der Waals surface area contributed by atoms with E-state index in [1.807, 2.05) is 0 Å². The summed E-state index contributed by atoms with van der Waals surface area (Å²) in [5.41, 5.74) is 0.179. The van der Waals surface area contributed by atoms with E-state index in [9.17, 15) is 32.7 Å². The lowest BCUT2D eigenvalue weighted by molar-refractivity contribution is -0.137. The number of aliphatic hydroxyl groups is 1. The van der Waals surface area contributed by atoms with Gasteiger partial charge in [-0.1, -0.05) is 12.1 Å². The van der Waals surface area contributed by atoms with E-state index in [2.05, 4.69) is 10.3 Å². The zero-order chi connectivity index (χ0) is 25.0. The SMILES string of the molecule is CC(=O)c1ccc(NC(=O)Cn2c(-c3ccc(C(F)(F)F)cc3)nc(C)c(CCO)c2=O)cc1. The monoisotopic (exact) mass is 473 g/mol.